The molecule has 13 heavy (non-hydrogen) atoms. The lowest BCUT2D eigenvalue weighted by molar-refractivity contribution is 0.0692. The summed E-state index contributed by atoms with van der Waals surface area (Å²) in [5, 5.41) is 17.8. The molecule has 0 aliphatic carbocycles. The van der Waals surface area contributed by atoms with Gasteiger partial charge in [0.25, 0.3) is 0 Å². The van der Waals surface area contributed by atoms with E-state index in [0.29, 0.717) is 0 Å². The minimum absolute atomic E-state index is 0.0443. The number of methoxy groups -OCH3 is 1. The topological polar surface area (TPSA) is 79.7 Å². The number of pyridine rings is 1. The predicted molar refractivity (Wildman–Crippen MR) is 47.1 cm³/mol. The lowest BCUT2D eigenvalue weighted by Crippen LogP contribution is -2.02. The second-order valence-electron chi connectivity index (χ2n) is 2.16. The Morgan fingerprint density at radius 2 is 2.31 bits per heavy atom. The van der Waals surface area contributed by atoms with Crippen LogP contribution in [0.5, 0.6) is 11.6 Å². The number of hydrogen-bond donors (Lipinski definition) is 2. The molecule has 0 saturated heterocycles. The Morgan fingerprint density at radius 3 is 2.77 bits per heavy atom. The molecule has 0 radical (unpaired) electrons. The van der Waals surface area contributed by atoms with Gasteiger partial charge in [-0.05, 0) is 15.9 Å². The van der Waals surface area contributed by atoms with E-state index in [1.165, 1.54) is 7.11 Å². The number of hydrogen-bond acceptors (Lipinski definition) is 4. The van der Waals surface area contributed by atoms with Crippen LogP contribution >= 0.6 is 15.9 Å². The van der Waals surface area contributed by atoms with Crippen LogP contribution in [0.2, 0.25) is 0 Å². The van der Waals surface area contributed by atoms with Crippen molar-refractivity contribution in [3.63, 3.8) is 0 Å². The van der Waals surface area contributed by atoms with Crippen molar-refractivity contribution in [1.82, 2.24) is 4.98 Å². The largest absolute Gasteiger partial charge is 0.505 e. The van der Waals surface area contributed by atoms with Crippen molar-refractivity contribution < 1.29 is 19.7 Å². The monoisotopic (exact) mass is 247 g/mol. The van der Waals surface area contributed by atoms with Crippen molar-refractivity contribution in [1.29, 1.82) is 0 Å². The molecule has 1 aromatic heterocycles. The van der Waals surface area contributed by atoms with Gasteiger partial charge in [-0.15, -0.1) is 0 Å². The second kappa shape index (κ2) is 3.61. The Kier molecular flexibility index (Phi) is 2.72. The molecule has 0 saturated carbocycles. The number of aromatic nitrogens is 1. The fraction of sp³-hybridized carbons (Fsp3) is 0.143. The van der Waals surface area contributed by atoms with Crippen LogP contribution in [0.15, 0.2) is 10.7 Å². The third-order valence-corrected chi connectivity index (χ3v) is 1.93. The van der Waals surface area contributed by atoms with Crippen LogP contribution in [0.25, 0.3) is 0 Å². The molecule has 0 spiro atoms. The van der Waals surface area contributed by atoms with Crippen LogP contribution in [-0.4, -0.2) is 28.3 Å². The molecule has 6 heteroatoms. The highest BCUT2D eigenvalue weighted by Crippen LogP contribution is 2.27. The number of carboxylic acid groups (broad SMARTS) is 1. The maximum atomic E-state index is 10.6. The number of carboxylic acids is 1. The summed E-state index contributed by atoms with van der Waals surface area (Å²) in [6.07, 6.45) is 0. The molecule has 1 heterocycles. The van der Waals surface area contributed by atoms with Crippen LogP contribution < -0.4 is 4.74 Å². The average molecular weight is 248 g/mol. The maximum absolute atomic E-state index is 10.6. The van der Waals surface area contributed by atoms with E-state index in [1.54, 1.807) is 0 Å². The van der Waals surface area contributed by atoms with Crippen molar-refractivity contribution in [2.24, 2.45) is 0 Å². The number of carbonyl (C=O) groups is 1. The number of halogens is 1. The number of aromatic carboxylic acids is 1. The van der Waals surface area contributed by atoms with Crippen molar-refractivity contribution in [2.75, 3.05) is 7.11 Å². The van der Waals surface area contributed by atoms with Crippen LogP contribution in [0.1, 0.15) is 10.4 Å². The first-order chi connectivity index (χ1) is 6.06. The van der Waals surface area contributed by atoms with E-state index in [9.17, 15) is 4.79 Å². The summed E-state index contributed by atoms with van der Waals surface area (Å²) in [5.41, 5.74) is -0.178. The Hall–Kier alpha value is -1.30. The van der Waals surface area contributed by atoms with Crippen LogP contribution in [0.3, 0.4) is 0 Å². The van der Waals surface area contributed by atoms with E-state index >= 15 is 0 Å². The van der Waals surface area contributed by atoms with Crippen LogP contribution in [0.4, 0.5) is 0 Å². The van der Waals surface area contributed by atoms with Gasteiger partial charge in [-0.1, -0.05) is 0 Å². The smallest absolute Gasteiger partial charge is 0.341 e. The number of aromatic hydroxyl groups is 1. The van der Waals surface area contributed by atoms with Gasteiger partial charge in [-0.3, -0.25) is 0 Å². The van der Waals surface area contributed by atoms with Crippen LogP contribution in [-0.2, 0) is 0 Å². The van der Waals surface area contributed by atoms with Gasteiger partial charge in [0.1, 0.15) is 11.3 Å². The lowest BCUT2D eigenvalue weighted by atomic mass is 10.2. The Bertz CT molecular complexity index is 353. The molecule has 0 unspecified atom stereocenters. The molecular weight excluding hydrogens is 242 g/mol. The molecule has 0 aromatic carbocycles. The van der Waals surface area contributed by atoms with Gasteiger partial charge in [0.05, 0.1) is 7.11 Å². The van der Waals surface area contributed by atoms with Gasteiger partial charge in [0, 0.05) is 6.07 Å². The molecule has 2 N–H and O–H groups in total. The summed E-state index contributed by atoms with van der Waals surface area (Å²) in [6, 6.07) is 1.07. The summed E-state index contributed by atoms with van der Waals surface area (Å²) in [4.78, 5) is 14.3. The summed E-state index contributed by atoms with van der Waals surface area (Å²) in [7, 11) is 1.30. The van der Waals surface area contributed by atoms with Crippen molar-refractivity contribution in [3.8, 4) is 11.6 Å². The van der Waals surface area contributed by atoms with Gasteiger partial charge < -0.3 is 14.9 Å². The average Bonchev–Trinajstić information content (AvgIpc) is 2.08. The first kappa shape index (κ1) is 9.79. The SMILES string of the molecule is COc1nc(Br)c(O)cc1C(=O)O. The molecule has 70 valence electrons. The van der Waals surface area contributed by atoms with Gasteiger partial charge in [-0.2, -0.15) is 0 Å². The van der Waals surface area contributed by atoms with Crippen molar-refractivity contribution in [2.45, 2.75) is 0 Å². The zero-order valence-corrected chi connectivity index (χ0v) is 8.20. The van der Waals surface area contributed by atoms with Gasteiger partial charge in [0.2, 0.25) is 5.88 Å². The quantitative estimate of drug-likeness (QED) is 0.770. The third kappa shape index (κ3) is 1.89. The highest BCUT2D eigenvalue weighted by Gasteiger charge is 2.15. The Labute approximate surface area is 82.1 Å². The Morgan fingerprint density at radius 1 is 1.69 bits per heavy atom. The highest BCUT2D eigenvalue weighted by molar-refractivity contribution is 9.10. The molecule has 0 aliphatic rings. The number of nitrogens with zero attached hydrogens (tertiary/aromatic N) is 1. The molecule has 0 atom stereocenters. The normalized spacial score (nSPS) is 9.69. The standard InChI is InChI=1S/C7H6BrNO4/c1-13-6-3(7(11)12)2-4(10)5(8)9-6/h2,10H,1H3,(H,11,12). The van der Waals surface area contributed by atoms with Crippen molar-refractivity contribution in [3.05, 3.63) is 16.2 Å². The molecule has 5 nitrogen and oxygen atoms in total. The van der Waals surface area contributed by atoms with E-state index in [0.717, 1.165) is 6.07 Å². The minimum Gasteiger partial charge on any atom is -0.505 e. The van der Waals surface area contributed by atoms with Crippen LogP contribution in [0, 0.1) is 0 Å². The third-order valence-electron chi connectivity index (χ3n) is 1.35. The molecule has 0 amide bonds. The maximum Gasteiger partial charge on any atom is 0.341 e. The van der Waals surface area contributed by atoms with E-state index < -0.39 is 5.97 Å². The summed E-state index contributed by atoms with van der Waals surface area (Å²) in [6.45, 7) is 0. The highest BCUT2D eigenvalue weighted by atomic mass is 79.9. The van der Waals surface area contributed by atoms with Gasteiger partial charge in [0.15, 0.2) is 4.60 Å². The first-order valence-electron chi connectivity index (χ1n) is 3.23. The molecule has 0 fully saturated rings. The van der Waals surface area contributed by atoms with E-state index in [1.807, 2.05) is 0 Å². The van der Waals surface area contributed by atoms with Gasteiger partial charge >= 0.3 is 5.97 Å². The molecule has 0 aliphatic heterocycles. The van der Waals surface area contributed by atoms with Crippen molar-refractivity contribution >= 4 is 21.9 Å². The van der Waals surface area contributed by atoms with E-state index in [4.69, 9.17) is 14.9 Å². The fourth-order valence-electron chi connectivity index (χ4n) is 0.773. The van der Waals surface area contributed by atoms with E-state index in [2.05, 4.69) is 20.9 Å². The summed E-state index contributed by atoms with van der Waals surface area (Å²) < 4.78 is 4.86. The molecular formula is C7H6BrNO4. The molecule has 0 bridgehead atoms. The molecule has 1 rings (SSSR count). The summed E-state index contributed by atoms with van der Waals surface area (Å²) >= 11 is 2.94. The minimum atomic E-state index is -1.20. The van der Waals surface area contributed by atoms with Gasteiger partial charge in [-0.25, -0.2) is 9.78 Å². The zero-order chi connectivity index (χ0) is 10.0. The second-order valence-corrected chi connectivity index (χ2v) is 2.91. The van der Waals surface area contributed by atoms with E-state index in [-0.39, 0.29) is 21.8 Å². The lowest BCUT2D eigenvalue weighted by Gasteiger charge is -2.04. The number of ether oxygens (including phenoxy) is 1. The molecule has 1 aromatic rings. The zero-order valence-electron chi connectivity index (χ0n) is 6.61. The fourth-order valence-corrected chi connectivity index (χ4v) is 1.05. The first-order valence-corrected chi connectivity index (χ1v) is 4.02. The Balaban J connectivity index is 3.33. The number of rotatable bonds is 2. The summed E-state index contributed by atoms with van der Waals surface area (Å²) in [5.74, 6) is -1.48. The predicted octanol–water partition coefficient (Wildman–Crippen LogP) is 1.26.